The monoisotopic (exact) mass is 255 g/mol. The Morgan fingerprint density at radius 2 is 1.72 bits per heavy atom. The second-order valence-electron chi connectivity index (χ2n) is 3.62. The molecule has 0 unspecified atom stereocenters. The van der Waals surface area contributed by atoms with Crippen LogP contribution in [0.2, 0.25) is 0 Å². The number of nitrogens with two attached hydrogens (primary N) is 1. The first-order valence-electron chi connectivity index (χ1n) is 5.29. The van der Waals surface area contributed by atoms with Crippen LogP contribution in [-0.2, 0) is 0 Å². The van der Waals surface area contributed by atoms with Gasteiger partial charge in [-0.25, -0.2) is 9.97 Å². The van der Waals surface area contributed by atoms with Crippen molar-refractivity contribution in [1.29, 1.82) is 0 Å². The van der Waals surface area contributed by atoms with Crippen molar-refractivity contribution in [3.05, 3.63) is 42.9 Å². The predicted octanol–water partition coefficient (Wildman–Crippen LogP) is 2.24. The molecule has 3 aromatic rings. The molecule has 0 radical (unpaired) electrons. The van der Waals surface area contributed by atoms with Crippen LogP contribution in [0.4, 0.5) is 5.13 Å². The van der Waals surface area contributed by atoms with Crippen molar-refractivity contribution in [3.8, 4) is 21.8 Å². The van der Waals surface area contributed by atoms with Gasteiger partial charge in [0.25, 0.3) is 0 Å². The molecule has 2 heterocycles. The van der Waals surface area contributed by atoms with Gasteiger partial charge in [0.05, 0.1) is 5.69 Å². The van der Waals surface area contributed by atoms with E-state index < -0.39 is 0 Å². The van der Waals surface area contributed by atoms with E-state index in [1.54, 1.807) is 6.20 Å². The first-order chi connectivity index (χ1) is 8.83. The highest BCUT2D eigenvalue weighted by atomic mass is 32.1. The molecule has 18 heavy (non-hydrogen) atoms. The van der Waals surface area contributed by atoms with Crippen LogP contribution in [0.3, 0.4) is 0 Å². The zero-order valence-electron chi connectivity index (χ0n) is 9.32. The molecule has 0 bridgehead atoms. The maximum Gasteiger partial charge on any atom is 0.203 e. The lowest BCUT2D eigenvalue weighted by atomic mass is 10.1. The van der Waals surface area contributed by atoms with Crippen LogP contribution < -0.4 is 5.73 Å². The molecule has 5 nitrogen and oxygen atoms in total. The fourth-order valence-electron chi connectivity index (χ4n) is 1.60. The highest BCUT2D eigenvalue weighted by Crippen LogP contribution is 2.26. The van der Waals surface area contributed by atoms with E-state index in [0.717, 1.165) is 21.8 Å². The summed E-state index contributed by atoms with van der Waals surface area (Å²) in [5, 5.41) is 9.10. The number of nitrogens with zero attached hydrogens (tertiary/aromatic N) is 4. The van der Waals surface area contributed by atoms with E-state index in [0.29, 0.717) is 5.13 Å². The number of hydrogen-bond donors (Lipinski definition) is 1. The molecule has 0 amide bonds. The molecule has 3 rings (SSSR count). The number of hydrogen-bond acceptors (Lipinski definition) is 6. The zero-order valence-corrected chi connectivity index (χ0v) is 10.1. The Labute approximate surface area is 107 Å². The second-order valence-corrected chi connectivity index (χ2v) is 4.63. The van der Waals surface area contributed by atoms with Gasteiger partial charge >= 0.3 is 0 Å². The molecular formula is C12H9N5S. The van der Waals surface area contributed by atoms with Crippen molar-refractivity contribution in [2.24, 2.45) is 0 Å². The quantitative estimate of drug-likeness (QED) is 0.759. The Morgan fingerprint density at radius 1 is 0.944 bits per heavy atom. The zero-order chi connectivity index (χ0) is 12.4. The molecule has 0 aliphatic heterocycles. The van der Waals surface area contributed by atoms with Crippen LogP contribution in [0, 0.1) is 0 Å². The molecule has 0 spiro atoms. The summed E-state index contributed by atoms with van der Waals surface area (Å²) in [5.41, 5.74) is 8.50. The minimum absolute atomic E-state index is 0.477. The maximum atomic E-state index is 5.56. The molecule has 0 aliphatic rings. The Balaban J connectivity index is 1.94. The van der Waals surface area contributed by atoms with Crippen molar-refractivity contribution >= 4 is 16.5 Å². The van der Waals surface area contributed by atoms with Crippen LogP contribution >= 0.6 is 11.3 Å². The predicted molar refractivity (Wildman–Crippen MR) is 70.8 cm³/mol. The SMILES string of the molecule is Nc1nnc(-c2ccc(-c3ccncn3)cc2)s1. The van der Waals surface area contributed by atoms with Crippen molar-refractivity contribution < 1.29 is 0 Å². The molecular weight excluding hydrogens is 246 g/mol. The van der Waals surface area contributed by atoms with Crippen molar-refractivity contribution in [2.75, 3.05) is 5.73 Å². The Morgan fingerprint density at radius 3 is 2.33 bits per heavy atom. The third-order valence-corrected chi connectivity index (χ3v) is 3.25. The van der Waals surface area contributed by atoms with Crippen LogP contribution in [-0.4, -0.2) is 20.2 Å². The van der Waals surface area contributed by atoms with E-state index in [1.165, 1.54) is 17.7 Å². The number of anilines is 1. The van der Waals surface area contributed by atoms with Gasteiger partial charge in [-0.15, -0.1) is 10.2 Å². The van der Waals surface area contributed by atoms with E-state index in [2.05, 4.69) is 20.2 Å². The largest absolute Gasteiger partial charge is 0.374 e. The van der Waals surface area contributed by atoms with Gasteiger partial charge in [0.15, 0.2) is 0 Å². The van der Waals surface area contributed by atoms with Gasteiger partial charge in [0, 0.05) is 17.3 Å². The lowest BCUT2D eigenvalue weighted by Gasteiger charge is -2.00. The van der Waals surface area contributed by atoms with Crippen molar-refractivity contribution in [2.45, 2.75) is 0 Å². The van der Waals surface area contributed by atoms with Gasteiger partial charge < -0.3 is 5.73 Å². The molecule has 88 valence electrons. The van der Waals surface area contributed by atoms with Crippen LogP contribution in [0.5, 0.6) is 0 Å². The highest BCUT2D eigenvalue weighted by Gasteiger charge is 2.05. The molecule has 0 fully saturated rings. The molecule has 6 heteroatoms. The number of rotatable bonds is 2. The van der Waals surface area contributed by atoms with Crippen molar-refractivity contribution in [3.63, 3.8) is 0 Å². The van der Waals surface area contributed by atoms with Crippen molar-refractivity contribution in [1.82, 2.24) is 20.2 Å². The molecule has 0 saturated heterocycles. The van der Waals surface area contributed by atoms with E-state index in [1.807, 2.05) is 30.3 Å². The summed E-state index contributed by atoms with van der Waals surface area (Å²) >= 11 is 1.37. The first-order valence-corrected chi connectivity index (χ1v) is 6.10. The van der Waals surface area contributed by atoms with Crippen LogP contribution in [0.25, 0.3) is 21.8 Å². The lowest BCUT2D eigenvalue weighted by Crippen LogP contribution is -1.84. The Bertz CT molecular complexity index is 648. The summed E-state index contributed by atoms with van der Waals surface area (Å²) in [6.45, 7) is 0. The molecule has 0 saturated carbocycles. The minimum atomic E-state index is 0.477. The summed E-state index contributed by atoms with van der Waals surface area (Å²) < 4.78 is 0. The topological polar surface area (TPSA) is 77.6 Å². The fourth-order valence-corrected chi connectivity index (χ4v) is 2.21. The molecule has 2 N–H and O–H groups in total. The van der Waals surface area contributed by atoms with Crippen LogP contribution in [0.1, 0.15) is 0 Å². The van der Waals surface area contributed by atoms with E-state index in [4.69, 9.17) is 5.73 Å². The molecule has 2 aromatic heterocycles. The summed E-state index contributed by atoms with van der Waals surface area (Å²) in [7, 11) is 0. The minimum Gasteiger partial charge on any atom is -0.374 e. The molecule has 0 aliphatic carbocycles. The lowest BCUT2D eigenvalue weighted by molar-refractivity contribution is 1.10. The number of nitrogen functional groups attached to an aromatic ring is 1. The Hall–Kier alpha value is -2.34. The number of aromatic nitrogens is 4. The number of benzene rings is 1. The second kappa shape index (κ2) is 4.50. The fraction of sp³-hybridized carbons (Fsp3) is 0. The molecule has 1 aromatic carbocycles. The van der Waals surface area contributed by atoms with Gasteiger partial charge in [-0.1, -0.05) is 35.6 Å². The third kappa shape index (κ3) is 2.05. The molecule has 0 atom stereocenters. The third-order valence-electron chi connectivity index (χ3n) is 2.45. The summed E-state index contributed by atoms with van der Waals surface area (Å²) in [4.78, 5) is 8.10. The van der Waals surface area contributed by atoms with E-state index in [-0.39, 0.29) is 0 Å². The average Bonchev–Trinajstić information content (AvgIpc) is 2.87. The van der Waals surface area contributed by atoms with E-state index in [9.17, 15) is 0 Å². The van der Waals surface area contributed by atoms with Gasteiger partial charge in [-0.2, -0.15) is 0 Å². The summed E-state index contributed by atoms with van der Waals surface area (Å²) in [6.07, 6.45) is 3.26. The summed E-state index contributed by atoms with van der Waals surface area (Å²) in [6, 6.07) is 9.83. The van der Waals surface area contributed by atoms with Gasteiger partial charge in [0.1, 0.15) is 11.3 Å². The van der Waals surface area contributed by atoms with Gasteiger partial charge in [0.2, 0.25) is 5.13 Å². The smallest absolute Gasteiger partial charge is 0.203 e. The maximum absolute atomic E-state index is 5.56. The first kappa shape index (κ1) is 10.8. The highest BCUT2D eigenvalue weighted by molar-refractivity contribution is 7.18. The average molecular weight is 255 g/mol. The standard InChI is InChI=1S/C12H9N5S/c13-12-17-16-11(18-12)9-3-1-8(2-4-9)10-5-6-14-7-15-10/h1-7H,(H2,13,17). The van der Waals surface area contributed by atoms with Gasteiger partial charge in [-0.3, -0.25) is 0 Å². The Kier molecular flexibility index (Phi) is 2.70. The van der Waals surface area contributed by atoms with Crippen LogP contribution in [0.15, 0.2) is 42.9 Å². The summed E-state index contributed by atoms with van der Waals surface area (Å²) in [5.74, 6) is 0. The van der Waals surface area contributed by atoms with Gasteiger partial charge in [-0.05, 0) is 6.07 Å². The van der Waals surface area contributed by atoms with E-state index >= 15 is 0 Å². The normalized spacial score (nSPS) is 10.4.